The minimum Gasteiger partial charge on any atom is -0.494 e. The van der Waals surface area contributed by atoms with Crippen molar-refractivity contribution in [2.75, 3.05) is 0 Å². The summed E-state index contributed by atoms with van der Waals surface area (Å²) < 4.78 is 20.3. The predicted octanol–water partition coefficient (Wildman–Crippen LogP) is 3.88. The molecule has 1 unspecified atom stereocenters. The normalized spacial score (nSPS) is 11.6. The molecule has 158 valence electrons. The fourth-order valence-corrected chi connectivity index (χ4v) is 3.26. The van der Waals surface area contributed by atoms with Crippen LogP contribution in [-0.4, -0.2) is 21.6 Å². The largest absolute Gasteiger partial charge is 0.494 e. The second-order valence-electron chi connectivity index (χ2n) is 7.24. The Labute approximate surface area is 178 Å². The number of carbonyl (C=O) groups excluding carboxylic acids is 1. The molecule has 1 N–H and O–H groups in total. The van der Waals surface area contributed by atoms with Gasteiger partial charge in [0.2, 0.25) is 11.7 Å². The molecule has 3 rings (SSSR count). The quantitative estimate of drug-likeness (QED) is 0.611. The van der Waals surface area contributed by atoms with Crippen LogP contribution in [0.1, 0.15) is 39.5 Å². The van der Waals surface area contributed by atoms with Gasteiger partial charge >= 0.3 is 0 Å². The molecule has 0 spiro atoms. The zero-order chi connectivity index (χ0) is 22.7. The SMILES string of the molecule is Cc1ccc(Cn2c(O)c(C(=O)C(C)Oc3ccccc3F)c(C)c(C#N)c2=O)cc1. The molecule has 2 aromatic carbocycles. The Hall–Kier alpha value is -3.92. The van der Waals surface area contributed by atoms with Crippen molar-refractivity contribution in [2.45, 2.75) is 33.4 Å². The van der Waals surface area contributed by atoms with Crippen LogP contribution in [0, 0.1) is 31.0 Å². The number of aromatic hydroxyl groups is 1. The number of hydrogen-bond acceptors (Lipinski definition) is 5. The molecule has 6 nitrogen and oxygen atoms in total. The standard InChI is InChI=1S/C24H21FN2O4/c1-14-8-10-17(11-9-14)13-27-23(29)18(12-26)15(2)21(24(27)30)22(28)16(3)31-20-7-5-4-6-19(20)25/h4-11,16,30H,13H2,1-3H3. The van der Waals surface area contributed by atoms with Crippen LogP contribution < -0.4 is 10.3 Å². The van der Waals surface area contributed by atoms with Crippen molar-refractivity contribution in [1.82, 2.24) is 4.57 Å². The molecular formula is C24H21FN2O4. The first-order chi connectivity index (χ1) is 14.7. The molecule has 0 saturated heterocycles. The second kappa shape index (κ2) is 8.84. The fourth-order valence-electron chi connectivity index (χ4n) is 3.26. The van der Waals surface area contributed by atoms with Gasteiger partial charge in [0.1, 0.15) is 11.6 Å². The van der Waals surface area contributed by atoms with Crippen LogP contribution in [0.15, 0.2) is 53.3 Å². The van der Waals surface area contributed by atoms with Crippen molar-refractivity contribution in [1.29, 1.82) is 5.26 Å². The molecule has 0 aliphatic carbocycles. The molecule has 0 saturated carbocycles. The monoisotopic (exact) mass is 420 g/mol. The number of nitrogens with zero attached hydrogens (tertiary/aromatic N) is 2. The molecule has 7 heteroatoms. The summed E-state index contributed by atoms with van der Waals surface area (Å²) in [5.41, 5.74) is 0.650. The minimum absolute atomic E-state index is 0.0251. The van der Waals surface area contributed by atoms with Crippen molar-refractivity contribution in [2.24, 2.45) is 0 Å². The van der Waals surface area contributed by atoms with Crippen LogP contribution in [0.25, 0.3) is 0 Å². The highest BCUT2D eigenvalue weighted by molar-refractivity contribution is 6.03. The van der Waals surface area contributed by atoms with E-state index in [4.69, 9.17) is 4.74 Å². The topological polar surface area (TPSA) is 92.3 Å². The van der Waals surface area contributed by atoms with Gasteiger partial charge in [-0.2, -0.15) is 5.26 Å². The lowest BCUT2D eigenvalue weighted by molar-refractivity contribution is 0.0807. The molecule has 3 aromatic rings. The summed E-state index contributed by atoms with van der Waals surface area (Å²) in [5.74, 6) is -1.98. The average Bonchev–Trinajstić information content (AvgIpc) is 2.74. The van der Waals surface area contributed by atoms with Crippen LogP contribution in [0.3, 0.4) is 0 Å². The molecular weight excluding hydrogens is 399 g/mol. The maximum Gasteiger partial charge on any atom is 0.271 e. The average molecular weight is 420 g/mol. The van der Waals surface area contributed by atoms with Crippen LogP contribution in [0.4, 0.5) is 4.39 Å². The number of halogens is 1. The Bertz CT molecular complexity index is 1240. The van der Waals surface area contributed by atoms with Crippen LogP contribution in [0.2, 0.25) is 0 Å². The summed E-state index contributed by atoms with van der Waals surface area (Å²) in [7, 11) is 0. The van der Waals surface area contributed by atoms with Crippen molar-refractivity contribution >= 4 is 5.78 Å². The van der Waals surface area contributed by atoms with Crippen LogP contribution in [0.5, 0.6) is 11.6 Å². The summed E-state index contributed by atoms with van der Waals surface area (Å²) in [6.45, 7) is 4.72. The molecule has 1 heterocycles. The maximum absolute atomic E-state index is 13.9. The number of ketones is 1. The summed E-state index contributed by atoms with van der Waals surface area (Å²) >= 11 is 0. The molecule has 0 bridgehead atoms. The lowest BCUT2D eigenvalue weighted by Gasteiger charge is -2.19. The third-order valence-electron chi connectivity index (χ3n) is 5.02. The fraction of sp³-hybridized carbons (Fsp3) is 0.208. The van der Waals surface area contributed by atoms with E-state index in [0.717, 1.165) is 10.1 Å². The molecule has 0 aliphatic heterocycles. The van der Waals surface area contributed by atoms with Gasteiger partial charge in [-0.1, -0.05) is 42.0 Å². The number of rotatable bonds is 6. The van der Waals surface area contributed by atoms with E-state index in [1.807, 2.05) is 25.1 Å². The smallest absolute Gasteiger partial charge is 0.271 e. The minimum atomic E-state index is -1.17. The van der Waals surface area contributed by atoms with E-state index >= 15 is 0 Å². The third kappa shape index (κ3) is 4.33. The summed E-state index contributed by atoms with van der Waals surface area (Å²) in [6.07, 6.45) is -1.17. The van der Waals surface area contributed by atoms with Gasteiger partial charge in [-0.15, -0.1) is 0 Å². The number of benzene rings is 2. The maximum atomic E-state index is 13.9. The molecule has 0 amide bonds. The van der Waals surface area contributed by atoms with E-state index < -0.39 is 29.1 Å². The molecule has 31 heavy (non-hydrogen) atoms. The van der Waals surface area contributed by atoms with Crippen molar-refractivity contribution < 1.29 is 19.0 Å². The van der Waals surface area contributed by atoms with Gasteiger partial charge in [0.15, 0.2) is 17.7 Å². The lowest BCUT2D eigenvalue weighted by atomic mass is 9.99. The van der Waals surface area contributed by atoms with E-state index in [1.165, 1.54) is 32.0 Å². The van der Waals surface area contributed by atoms with Gasteiger partial charge < -0.3 is 9.84 Å². The first-order valence-electron chi connectivity index (χ1n) is 9.62. The van der Waals surface area contributed by atoms with Crippen molar-refractivity contribution in [3.63, 3.8) is 0 Å². The zero-order valence-corrected chi connectivity index (χ0v) is 17.3. The van der Waals surface area contributed by atoms with Gasteiger partial charge in [-0.3, -0.25) is 14.2 Å². The number of hydrogen-bond donors (Lipinski definition) is 1. The highest BCUT2D eigenvalue weighted by Crippen LogP contribution is 2.26. The number of aryl methyl sites for hydroxylation is 1. The van der Waals surface area contributed by atoms with Gasteiger partial charge in [-0.25, -0.2) is 4.39 Å². The number of nitriles is 1. The number of para-hydroxylation sites is 1. The number of pyridine rings is 1. The summed E-state index contributed by atoms with van der Waals surface area (Å²) in [6, 6.07) is 14.7. The first-order valence-corrected chi connectivity index (χ1v) is 9.62. The zero-order valence-electron chi connectivity index (χ0n) is 17.3. The Morgan fingerprint density at radius 1 is 1.19 bits per heavy atom. The Kier molecular flexibility index (Phi) is 6.21. The number of ether oxygens (including phenoxy) is 1. The van der Waals surface area contributed by atoms with E-state index in [1.54, 1.807) is 18.2 Å². The first kappa shape index (κ1) is 21.8. The molecule has 0 aliphatic rings. The van der Waals surface area contributed by atoms with Gasteiger partial charge in [-0.05, 0) is 44.0 Å². The Balaban J connectivity index is 2.06. The van der Waals surface area contributed by atoms with Crippen LogP contribution >= 0.6 is 0 Å². The van der Waals surface area contributed by atoms with E-state index in [-0.39, 0.29) is 29.0 Å². The van der Waals surface area contributed by atoms with Crippen molar-refractivity contribution in [3.8, 4) is 17.7 Å². The summed E-state index contributed by atoms with van der Waals surface area (Å²) in [4.78, 5) is 25.9. The van der Waals surface area contributed by atoms with Gasteiger partial charge in [0.05, 0.1) is 12.1 Å². The van der Waals surface area contributed by atoms with E-state index in [2.05, 4.69) is 0 Å². The van der Waals surface area contributed by atoms with Gasteiger partial charge in [0.25, 0.3) is 5.56 Å². The van der Waals surface area contributed by atoms with E-state index in [0.29, 0.717) is 5.56 Å². The lowest BCUT2D eigenvalue weighted by Crippen LogP contribution is -2.31. The number of aromatic nitrogens is 1. The molecule has 0 fully saturated rings. The molecule has 0 radical (unpaired) electrons. The predicted molar refractivity (Wildman–Crippen MR) is 113 cm³/mol. The molecule has 1 aromatic heterocycles. The Morgan fingerprint density at radius 3 is 2.45 bits per heavy atom. The molecule has 1 atom stereocenters. The number of Topliss-reactive ketones (excluding diaryl/α,β-unsaturated/α-hetero) is 1. The highest BCUT2D eigenvalue weighted by atomic mass is 19.1. The third-order valence-corrected chi connectivity index (χ3v) is 5.02. The number of carbonyl (C=O) groups is 1. The highest BCUT2D eigenvalue weighted by Gasteiger charge is 2.28. The Morgan fingerprint density at radius 2 is 1.84 bits per heavy atom. The van der Waals surface area contributed by atoms with Gasteiger partial charge in [0, 0.05) is 0 Å². The summed E-state index contributed by atoms with van der Waals surface area (Å²) in [5, 5.41) is 20.3. The van der Waals surface area contributed by atoms with Crippen LogP contribution in [-0.2, 0) is 6.54 Å². The van der Waals surface area contributed by atoms with E-state index in [9.17, 15) is 24.3 Å². The second-order valence-corrected chi connectivity index (χ2v) is 7.24. The van der Waals surface area contributed by atoms with Crippen molar-refractivity contribution in [3.05, 3.63) is 92.5 Å².